The Bertz CT molecular complexity index is 452. The molecule has 0 aromatic heterocycles. The number of anilines is 1. The van der Waals surface area contributed by atoms with Crippen LogP contribution in [0.4, 0.5) is 5.69 Å². The smallest absolute Gasteiger partial charge is 0.0434 e. The van der Waals surface area contributed by atoms with E-state index in [-0.39, 0.29) is 0 Å². The van der Waals surface area contributed by atoms with Gasteiger partial charge in [-0.15, -0.1) is 0 Å². The third kappa shape index (κ3) is 4.44. The molecule has 0 amide bonds. The molecule has 21 heavy (non-hydrogen) atoms. The Kier molecular flexibility index (Phi) is 6.52. The van der Waals surface area contributed by atoms with Crippen LogP contribution in [0.1, 0.15) is 44.7 Å². The highest BCUT2D eigenvalue weighted by Gasteiger charge is 2.22. The van der Waals surface area contributed by atoms with Gasteiger partial charge >= 0.3 is 0 Å². The van der Waals surface area contributed by atoms with Crippen LogP contribution >= 0.6 is 15.9 Å². The Morgan fingerprint density at radius 2 is 2.29 bits per heavy atom. The predicted molar refractivity (Wildman–Crippen MR) is 92.9 cm³/mol. The molecule has 1 saturated heterocycles. The summed E-state index contributed by atoms with van der Waals surface area (Å²) in [5, 5.41) is 12.6. The van der Waals surface area contributed by atoms with Crippen LogP contribution in [-0.4, -0.2) is 31.3 Å². The van der Waals surface area contributed by atoms with Crippen LogP contribution in [-0.2, 0) is 0 Å². The molecule has 0 spiro atoms. The number of nitrogens with zero attached hydrogens (tertiary/aromatic N) is 1. The van der Waals surface area contributed by atoms with Crippen LogP contribution in [0, 0.1) is 5.92 Å². The second kappa shape index (κ2) is 8.16. The van der Waals surface area contributed by atoms with Gasteiger partial charge in [0.15, 0.2) is 0 Å². The average Bonchev–Trinajstić information content (AvgIpc) is 2.93. The lowest BCUT2D eigenvalue weighted by Gasteiger charge is -2.21. The van der Waals surface area contributed by atoms with Crippen molar-refractivity contribution in [2.75, 3.05) is 31.1 Å². The minimum Gasteiger partial charge on any atom is -0.396 e. The maximum absolute atomic E-state index is 9.06. The van der Waals surface area contributed by atoms with E-state index in [0.29, 0.717) is 18.6 Å². The monoisotopic (exact) mass is 354 g/mol. The van der Waals surface area contributed by atoms with Gasteiger partial charge in [-0.3, -0.25) is 0 Å². The molecular weight excluding hydrogens is 328 g/mol. The fraction of sp³-hybridized carbons (Fsp3) is 0.647. The summed E-state index contributed by atoms with van der Waals surface area (Å²) in [5.74, 6) is 0.638. The van der Waals surface area contributed by atoms with Crippen molar-refractivity contribution in [3.05, 3.63) is 28.2 Å². The van der Waals surface area contributed by atoms with Crippen molar-refractivity contribution in [2.45, 2.75) is 39.2 Å². The van der Waals surface area contributed by atoms with Crippen molar-refractivity contribution >= 4 is 21.6 Å². The van der Waals surface area contributed by atoms with Gasteiger partial charge in [-0.2, -0.15) is 0 Å². The SMILES string of the molecule is CCCNC(C)c1ccc(N2CCC(CCO)C2)cc1Br. The van der Waals surface area contributed by atoms with Crippen molar-refractivity contribution in [1.82, 2.24) is 5.32 Å². The van der Waals surface area contributed by atoms with E-state index in [9.17, 15) is 0 Å². The van der Waals surface area contributed by atoms with E-state index in [1.165, 1.54) is 22.1 Å². The summed E-state index contributed by atoms with van der Waals surface area (Å²) in [7, 11) is 0. The summed E-state index contributed by atoms with van der Waals surface area (Å²) >= 11 is 3.73. The van der Waals surface area contributed by atoms with Crippen LogP contribution < -0.4 is 10.2 Å². The Labute approximate surface area is 136 Å². The zero-order chi connectivity index (χ0) is 15.2. The molecule has 1 aromatic carbocycles. The van der Waals surface area contributed by atoms with Gasteiger partial charge in [0.05, 0.1) is 0 Å². The normalized spacial score (nSPS) is 20.0. The Hall–Kier alpha value is -0.580. The van der Waals surface area contributed by atoms with Gasteiger partial charge in [-0.05, 0) is 56.3 Å². The molecule has 1 aromatic rings. The Morgan fingerprint density at radius 3 is 2.95 bits per heavy atom. The van der Waals surface area contributed by atoms with Crippen LogP contribution in [0.5, 0.6) is 0 Å². The number of benzene rings is 1. The average molecular weight is 355 g/mol. The molecule has 2 N–H and O–H groups in total. The highest BCUT2D eigenvalue weighted by atomic mass is 79.9. The van der Waals surface area contributed by atoms with Crippen molar-refractivity contribution in [3.8, 4) is 0 Å². The minimum atomic E-state index is 0.307. The molecule has 3 nitrogen and oxygen atoms in total. The van der Waals surface area contributed by atoms with Gasteiger partial charge in [-0.25, -0.2) is 0 Å². The highest BCUT2D eigenvalue weighted by molar-refractivity contribution is 9.10. The Morgan fingerprint density at radius 1 is 1.48 bits per heavy atom. The number of aliphatic hydroxyl groups excluding tert-OH is 1. The molecule has 2 unspecified atom stereocenters. The molecule has 0 aliphatic carbocycles. The topological polar surface area (TPSA) is 35.5 Å². The molecule has 1 aliphatic heterocycles. The predicted octanol–water partition coefficient (Wildman–Crippen LogP) is 3.72. The fourth-order valence-electron chi connectivity index (χ4n) is 3.02. The third-order valence-corrected chi connectivity index (χ3v) is 5.03. The van der Waals surface area contributed by atoms with Crippen molar-refractivity contribution in [3.63, 3.8) is 0 Å². The molecule has 1 aliphatic rings. The van der Waals surface area contributed by atoms with E-state index in [0.717, 1.165) is 32.5 Å². The van der Waals surface area contributed by atoms with Crippen molar-refractivity contribution < 1.29 is 5.11 Å². The summed E-state index contributed by atoms with van der Waals surface area (Å²) in [6.07, 6.45) is 3.27. The van der Waals surface area contributed by atoms with Gasteiger partial charge in [-0.1, -0.05) is 28.9 Å². The van der Waals surface area contributed by atoms with E-state index in [4.69, 9.17) is 5.11 Å². The van der Waals surface area contributed by atoms with Gasteiger partial charge in [0.25, 0.3) is 0 Å². The molecule has 0 radical (unpaired) electrons. The van der Waals surface area contributed by atoms with Crippen molar-refractivity contribution in [2.24, 2.45) is 5.92 Å². The summed E-state index contributed by atoms with van der Waals surface area (Å²) in [4.78, 5) is 2.43. The zero-order valence-corrected chi connectivity index (χ0v) is 14.7. The largest absolute Gasteiger partial charge is 0.396 e. The first-order valence-electron chi connectivity index (χ1n) is 8.04. The van der Waals surface area contributed by atoms with Gasteiger partial charge < -0.3 is 15.3 Å². The quantitative estimate of drug-likeness (QED) is 0.783. The highest BCUT2D eigenvalue weighted by Crippen LogP contribution is 2.31. The summed E-state index contributed by atoms with van der Waals surface area (Å²) in [5.41, 5.74) is 2.60. The molecule has 2 rings (SSSR count). The van der Waals surface area contributed by atoms with Crippen LogP contribution in [0.2, 0.25) is 0 Å². The fourth-order valence-corrected chi connectivity index (χ4v) is 3.73. The number of halogens is 1. The number of hydrogen-bond donors (Lipinski definition) is 2. The van der Waals surface area contributed by atoms with E-state index < -0.39 is 0 Å². The zero-order valence-electron chi connectivity index (χ0n) is 13.1. The van der Waals surface area contributed by atoms with Gasteiger partial charge in [0, 0.05) is 35.9 Å². The maximum atomic E-state index is 9.06. The molecule has 1 fully saturated rings. The first-order chi connectivity index (χ1) is 10.2. The second-order valence-corrected chi connectivity index (χ2v) is 6.85. The molecule has 4 heteroatoms. The summed E-state index contributed by atoms with van der Waals surface area (Å²) in [6, 6.07) is 7.06. The molecular formula is C17H27BrN2O. The lowest BCUT2D eigenvalue weighted by Crippen LogP contribution is -2.21. The van der Waals surface area contributed by atoms with Gasteiger partial charge in [0.1, 0.15) is 0 Å². The summed E-state index contributed by atoms with van der Waals surface area (Å²) in [6.45, 7) is 7.92. The molecule has 0 bridgehead atoms. The lowest BCUT2D eigenvalue weighted by molar-refractivity contribution is 0.263. The number of rotatable bonds is 7. The standard InChI is InChI=1S/C17H27BrN2O/c1-3-8-19-13(2)16-5-4-15(11-17(16)18)20-9-6-14(12-20)7-10-21/h4-5,11,13-14,19,21H,3,6-10,12H2,1-2H3. The van der Waals surface area contributed by atoms with E-state index in [2.05, 4.69) is 58.2 Å². The molecule has 0 saturated carbocycles. The molecule has 118 valence electrons. The van der Waals surface area contributed by atoms with Crippen LogP contribution in [0.25, 0.3) is 0 Å². The molecule has 1 heterocycles. The minimum absolute atomic E-state index is 0.307. The first kappa shape index (κ1) is 16.8. The summed E-state index contributed by atoms with van der Waals surface area (Å²) < 4.78 is 1.18. The Balaban J connectivity index is 2.02. The van der Waals surface area contributed by atoms with E-state index in [1.807, 2.05) is 0 Å². The van der Waals surface area contributed by atoms with Crippen LogP contribution in [0.3, 0.4) is 0 Å². The number of hydrogen-bond acceptors (Lipinski definition) is 3. The lowest BCUT2D eigenvalue weighted by atomic mass is 10.1. The van der Waals surface area contributed by atoms with Crippen molar-refractivity contribution in [1.29, 1.82) is 0 Å². The van der Waals surface area contributed by atoms with Gasteiger partial charge in [0.2, 0.25) is 0 Å². The van der Waals surface area contributed by atoms with E-state index >= 15 is 0 Å². The second-order valence-electron chi connectivity index (χ2n) is 5.99. The van der Waals surface area contributed by atoms with Crippen LogP contribution in [0.15, 0.2) is 22.7 Å². The van der Waals surface area contributed by atoms with E-state index in [1.54, 1.807) is 0 Å². The third-order valence-electron chi connectivity index (χ3n) is 4.34. The number of aliphatic hydroxyl groups is 1. The maximum Gasteiger partial charge on any atom is 0.0434 e. The number of nitrogens with one attached hydrogen (secondary N) is 1. The molecule has 2 atom stereocenters. The first-order valence-corrected chi connectivity index (χ1v) is 8.83.